The quantitative estimate of drug-likeness (QED) is 0.827. The fraction of sp³-hybridized carbons (Fsp3) is 0.588. The Balaban J connectivity index is 1.62. The second-order valence-corrected chi connectivity index (χ2v) is 6.69. The van der Waals surface area contributed by atoms with Gasteiger partial charge in [-0.2, -0.15) is 13.2 Å². The van der Waals surface area contributed by atoms with Gasteiger partial charge in [0.05, 0.1) is 11.6 Å². The van der Waals surface area contributed by atoms with Crippen LogP contribution in [0.25, 0.3) is 0 Å². The minimum Gasteiger partial charge on any atom is -0.346 e. The molecule has 0 N–H and O–H groups in total. The van der Waals surface area contributed by atoms with Crippen molar-refractivity contribution in [2.24, 2.45) is 0 Å². The zero-order valence-electron chi connectivity index (χ0n) is 13.8. The summed E-state index contributed by atoms with van der Waals surface area (Å²) in [4.78, 5) is 6.12. The highest BCUT2D eigenvalue weighted by Gasteiger charge is 2.34. The summed E-state index contributed by atoms with van der Waals surface area (Å²) < 4.78 is 40.5. The van der Waals surface area contributed by atoms with Gasteiger partial charge in [0.2, 0.25) is 0 Å². The number of halogens is 3. The van der Waals surface area contributed by atoms with Gasteiger partial charge in [0.25, 0.3) is 0 Å². The van der Waals surface area contributed by atoms with Gasteiger partial charge >= 0.3 is 6.18 Å². The standard InChI is InChI=1S/C17H20F3N5/c18-17(19,20)12-7-8-14(21-11-12)24-10-4-5-13(24)16-23-22-15-6-2-1-3-9-25(15)16/h7-8,11,13H,1-6,9-10H2. The van der Waals surface area contributed by atoms with Crippen LogP contribution in [0, 0.1) is 0 Å². The topological polar surface area (TPSA) is 46.8 Å². The molecule has 0 bridgehead atoms. The summed E-state index contributed by atoms with van der Waals surface area (Å²) in [6, 6.07) is 2.59. The maximum Gasteiger partial charge on any atom is 0.417 e. The fourth-order valence-corrected chi connectivity index (χ4v) is 3.79. The molecule has 0 aliphatic carbocycles. The van der Waals surface area contributed by atoms with E-state index in [1.807, 2.05) is 0 Å². The number of aryl methyl sites for hydroxylation is 1. The molecule has 4 rings (SSSR count). The van der Waals surface area contributed by atoms with E-state index in [4.69, 9.17) is 0 Å². The maximum absolute atomic E-state index is 12.7. The number of hydrogen-bond acceptors (Lipinski definition) is 4. The van der Waals surface area contributed by atoms with E-state index in [0.29, 0.717) is 5.82 Å². The van der Waals surface area contributed by atoms with E-state index < -0.39 is 11.7 Å². The van der Waals surface area contributed by atoms with E-state index in [1.54, 1.807) is 0 Å². The number of alkyl halides is 3. The van der Waals surface area contributed by atoms with Crippen molar-refractivity contribution in [2.75, 3.05) is 11.4 Å². The molecule has 5 nitrogen and oxygen atoms in total. The molecule has 1 fully saturated rings. The van der Waals surface area contributed by atoms with E-state index in [9.17, 15) is 13.2 Å². The summed E-state index contributed by atoms with van der Waals surface area (Å²) in [5.74, 6) is 2.53. The molecule has 134 valence electrons. The van der Waals surface area contributed by atoms with Gasteiger partial charge in [-0.3, -0.25) is 0 Å². The van der Waals surface area contributed by atoms with Crippen molar-refractivity contribution >= 4 is 5.82 Å². The second-order valence-electron chi connectivity index (χ2n) is 6.69. The normalized spacial score (nSPS) is 21.2. The molecule has 0 saturated carbocycles. The Labute approximate surface area is 143 Å². The Bertz CT molecular complexity index is 738. The molecular weight excluding hydrogens is 331 g/mol. The van der Waals surface area contributed by atoms with Gasteiger partial charge in [-0.05, 0) is 37.8 Å². The molecule has 2 aliphatic heterocycles. The Morgan fingerprint density at radius 2 is 1.88 bits per heavy atom. The van der Waals surface area contributed by atoms with Gasteiger partial charge < -0.3 is 9.47 Å². The third-order valence-electron chi connectivity index (χ3n) is 5.06. The van der Waals surface area contributed by atoms with Crippen molar-refractivity contribution < 1.29 is 13.2 Å². The molecule has 1 saturated heterocycles. The van der Waals surface area contributed by atoms with Crippen molar-refractivity contribution in [1.29, 1.82) is 0 Å². The average molecular weight is 351 g/mol. The van der Waals surface area contributed by atoms with Crippen molar-refractivity contribution in [1.82, 2.24) is 19.7 Å². The molecule has 2 aromatic heterocycles. The lowest BCUT2D eigenvalue weighted by Gasteiger charge is -2.25. The number of nitrogens with zero attached hydrogens (tertiary/aromatic N) is 5. The SMILES string of the molecule is FC(F)(F)c1ccc(N2CCCC2c2nnc3n2CCCCC3)nc1. The van der Waals surface area contributed by atoms with Crippen LogP contribution in [-0.4, -0.2) is 26.3 Å². The van der Waals surface area contributed by atoms with Gasteiger partial charge in [0, 0.05) is 25.7 Å². The van der Waals surface area contributed by atoms with E-state index >= 15 is 0 Å². The molecule has 2 aliphatic rings. The summed E-state index contributed by atoms with van der Waals surface area (Å²) >= 11 is 0. The Morgan fingerprint density at radius 3 is 2.64 bits per heavy atom. The van der Waals surface area contributed by atoms with Crippen LogP contribution in [0.2, 0.25) is 0 Å². The van der Waals surface area contributed by atoms with Crippen LogP contribution >= 0.6 is 0 Å². The molecule has 2 aromatic rings. The first-order valence-electron chi connectivity index (χ1n) is 8.76. The minimum absolute atomic E-state index is 0.0311. The van der Waals surface area contributed by atoms with Crippen LogP contribution in [0.4, 0.5) is 19.0 Å². The summed E-state index contributed by atoms with van der Waals surface area (Å²) in [5.41, 5.74) is -0.719. The first kappa shape index (κ1) is 16.4. The number of hydrogen-bond donors (Lipinski definition) is 0. The Hall–Kier alpha value is -2.12. The third kappa shape index (κ3) is 3.09. The Kier molecular flexibility index (Phi) is 4.13. The monoisotopic (exact) mass is 351 g/mol. The van der Waals surface area contributed by atoms with Crippen LogP contribution in [0.1, 0.15) is 55.4 Å². The number of anilines is 1. The van der Waals surface area contributed by atoms with Gasteiger partial charge in [0.1, 0.15) is 11.6 Å². The van der Waals surface area contributed by atoms with Gasteiger partial charge in [-0.1, -0.05) is 6.42 Å². The molecule has 0 radical (unpaired) electrons. The van der Waals surface area contributed by atoms with Crippen LogP contribution in [0.3, 0.4) is 0 Å². The molecule has 4 heterocycles. The smallest absolute Gasteiger partial charge is 0.346 e. The number of fused-ring (bicyclic) bond motifs is 1. The molecule has 1 unspecified atom stereocenters. The molecule has 1 atom stereocenters. The number of pyridine rings is 1. The molecule has 0 aromatic carbocycles. The van der Waals surface area contributed by atoms with Crippen molar-refractivity contribution in [3.63, 3.8) is 0 Å². The predicted molar refractivity (Wildman–Crippen MR) is 86.1 cm³/mol. The summed E-state index contributed by atoms with van der Waals surface area (Å²) in [5, 5.41) is 8.77. The minimum atomic E-state index is -4.36. The zero-order chi connectivity index (χ0) is 17.4. The van der Waals surface area contributed by atoms with E-state index in [-0.39, 0.29) is 6.04 Å². The Morgan fingerprint density at radius 1 is 1.00 bits per heavy atom. The summed E-state index contributed by atoms with van der Waals surface area (Å²) in [6.45, 7) is 1.69. The fourth-order valence-electron chi connectivity index (χ4n) is 3.79. The average Bonchev–Trinajstić information content (AvgIpc) is 3.15. The van der Waals surface area contributed by atoms with Crippen LogP contribution in [0.5, 0.6) is 0 Å². The zero-order valence-corrected chi connectivity index (χ0v) is 13.8. The predicted octanol–water partition coefficient (Wildman–Crippen LogP) is 3.76. The first-order valence-corrected chi connectivity index (χ1v) is 8.76. The van der Waals surface area contributed by atoms with Crippen molar-refractivity contribution in [3.8, 4) is 0 Å². The highest BCUT2D eigenvalue weighted by molar-refractivity contribution is 5.43. The van der Waals surface area contributed by atoms with E-state index in [0.717, 1.165) is 69.1 Å². The van der Waals surface area contributed by atoms with E-state index in [2.05, 4.69) is 24.6 Å². The number of aromatic nitrogens is 4. The lowest BCUT2D eigenvalue weighted by Crippen LogP contribution is -2.26. The maximum atomic E-state index is 12.7. The van der Waals surface area contributed by atoms with Gasteiger partial charge in [0.15, 0.2) is 5.82 Å². The second kappa shape index (κ2) is 6.31. The van der Waals surface area contributed by atoms with Crippen LogP contribution < -0.4 is 4.90 Å². The van der Waals surface area contributed by atoms with Crippen molar-refractivity contribution in [2.45, 2.75) is 57.3 Å². The number of rotatable bonds is 2. The van der Waals surface area contributed by atoms with Crippen molar-refractivity contribution in [3.05, 3.63) is 35.5 Å². The first-order chi connectivity index (χ1) is 12.0. The lowest BCUT2D eigenvalue weighted by atomic mass is 10.2. The summed E-state index contributed by atoms with van der Waals surface area (Å²) in [6.07, 6.45) is 2.82. The van der Waals surface area contributed by atoms with Crippen LogP contribution in [0.15, 0.2) is 18.3 Å². The molecule has 8 heteroatoms. The molecular formula is C17H20F3N5. The highest BCUT2D eigenvalue weighted by atomic mass is 19.4. The van der Waals surface area contributed by atoms with Gasteiger partial charge in [-0.15, -0.1) is 10.2 Å². The third-order valence-corrected chi connectivity index (χ3v) is 5.06. The van der Waals surface area contributed by atoms with Crippen LogP contribution in [-0.2, 0) is 19.1 Å². The molecule has 25 heavy (non-hydrogen) atoms. The molecule has 0 spiro atoms. The summed E-state index contributed by atoms with van der Waals surface area (Å²) in [7, 11) is 0. The molecule has 0 amide bonds. The largest absolute Gasteiger partial charge is 0.417 e. The highest BCUT2D eigenvalue weighted by Crippen LogP contribution is 2.36. The van der Waals surface area contributed by atoms with E-state index in [1.165, 1.54) is 12.5 Å². The van der Waals surface area contributed by atoms with Gasteiger partial charge in [-0.25, -0.2) is 4.98 Å². The lowest BCUT2D eigenvalue weighted by molar-refractivity contribution is -0.137.